The summed E-state index contributed by atoms with van der Waals surface area (Å²) in [5, 5.41) is 21.1. The number of carboxylic acid groups (broad SMARTS) is 2. The summed E-state index contributed by atoms with van der Waals surface area (Å²) in [6.45, 7) is 0. The summed E-state index contributed by atoms with van der Waals surface area (Å²) in [6.07, 6.45) is -25.7. The van der Waals surface area contributed by atoms with Crippen molar-refractivity contribution in [2.75, 3.05) is 0 Å². The van der Waals surface area contributed by atoms with Crippen LogP contribution in [0.1, 0.15) is 0 Å². The molecule has 2 unspecified atom stereocenters. The Labute approximate surface area is 133 Å². The highest BCUT2D eigenvalue weighted by atomic mass is 19.4. The molecule has 0 aliphatic carbocycles. The van der Waals surface area contributed by atoms with E-state index in [2.05, 4.69) is 0 Å². The van der Waals surface area contributed by atoms with E-state index in [4.69, 9.17) is 0 Å². The molecule has 0 rings (SSSR count). The third kappa shape index (κ3) is 3.53. The van der Waals surface area contributed by atoms with E-state index >= 15 is 0 Å². The molecule has 4 nitrogen and oxygen atoms in total. The summed E-state index contributed by atoms with van der Waals surface area (Å²) in [4.78, 5) is 21.1. The molecular formula is C10H2F12O4-2. The molecule has 0 amide bonds. The Kier molecular flexibility index (Phi) is 6.29. The Hall–Kier alpha value is -2.16. The molecule has 26 heavy (non-hydrogen) atoms. The van der Waals surface area contributed by atoms with Crippen molar-refractivity contribution >= 4 is 11.9 Å². The van der Waals surface area contributed by atoms with Crippen LogP contribution in [0.25, 0.3) is 0 Å². The highest BCUT2D eigenvalue weighted by Gasteiger charge is 2.71. The van der Waals surface area contributed by atoms with Gasteiger partial charge in [0.1, 0.15) is 0 Å². The van der Waals surface area contributed by atoms with Crippen molar-refractivity contribution in [1.29, 1.82) is 0 Å². The maximum absolute atomic E-state index is 13.7. The second-order valence-corrected chi connectivity index (χ2v) is 4.35. The predicted octanol–water partition coefficient (Wildman–Crippen LogP) is 0.854. The van der Waals surface area contributed by atoms with Gasteiger partial charge in [-0.1, -0.05) is 0 Å². The molecule has 152 valence electrons. The summed E-state index contributed by atoms with van der Waals surface area (Å²) in [5.74, 6) is -8.15. The number of halogens is 12. The van der Waals surface area contributed by atoms with Gasteiger partial charge in [0.05, 0.1) is 11.9 Å². The molecule has 0 N–H and O–H groups in total. The first kappa shape index (κ1) is 23.8. The Bertz CT molecular complexity index is 554. The molecular weight excluding hydrogens is 412 g/mol. The zero-order valence-electron chi connectivity index (χ0n) is 11.3. The summed E-state index contributed by atoms with van der Waals surface area (Å²) < 4.78 is 152. The fraction of sp³-hybridized carbons (Fsp3) is 0.600. The van der Waals surface area contributed by atoms with Gasteiger partial charge in [-0.15, -0.1) is 0 Å². The van der Waals surface area contributed by atoms with Crippen LogP contribution >= 0.6 is 0 Å². The van der Waals surface area contributed by atoms with Crippen LogP contribution in [0.4, 0.5) is 52.7 Å². The van der Waals surface area contributed by atoms with Crippen molar-refractivity contribution in [3.8, 4) is 0 Å². The van der Waals surface area contributed by atoms with Crippen molar-refractivity contribution < 1.29 is 72.5 Å². The lowest BCUT2D eigenvalue weighted by Gasteiger charge is -2.37. The van der Waals surface area contributed by atoms with E-state index < -0.39 is 59.6 Å². The van der Waals surface area contributed by atoms with E-state index in [1.807, 2.05) is 0 Å². The fourth-order valence-corrected chi connectivity index (χ4v) is 1.61. The van der Waals surface area contributed by atoms with Crippen LogP contribution in [0.5, 0.6) is 0 Å². The van der Waals surface area contributed by atoms with Gasteiger partial charge in [-0.25, -0.2) is 26.3 Å². The topological polar surface area (TPSA) is 80.3 Å². The first-order valence-electron chi connectivity index (χ1n) is 5.53. The van der Waals surface area contributed by atoms with Crippen LogP contribution < -0.4 is 10.2 Å². The van der Waals surface area contributed by atoms with E-state index in [-0.39, 0.29) is 0 Å². The van der Waals surface area contributed by atoms with Gasteiger partial charge in [0.25, 0.3) is 24.2 Å². The summed E-state index contributed by atoms with van der Waals surface area (Å²) in [7, 11) is 0. The Morgan fingerprint density at radius 2 is 0.769 bits per heavy atom. The number of rotatable bonds is 6. The Balaban J connectivity index is 7.58. The fourth-order valence-electron chi connectivity index (χ4n) is 1.61. The molecule has 0 saturated heterocycles. The average molecular weight is 414 g/mol. The first-order chi connectivity index (χ1) is 11.3. The van der Waals surface area contributed by atoms with Gasteiger partial charge in [-0.2, -0.15) is 26.3 Å². The quantitative estimate of drug-likeness (QED) is 0.477. The van der Waals surface area contributed by atoms with Gasteiger partial charge < -0.3 is 19.8 Å². The lowest BCUT2D eigenvalue weighted by atomic mass is 9.82. The number of hydrogen-bond acceptors (Lipinski definition) is 4. The smallest absolute Gasteiger partial charge is 0.432 e. The summed E-state index contributed by atoms with van der Waals surface area (Å²) >= 11 is 0. The van der Waals surface area contributed by atoms with Gasteiger partial charge in [0.2, 0.25) is 0 Å². The number of alkyl halides is 12. The third-order valence-corrected chi connectivity index (χ3v) is 2.81. The molecule has 0 aliphatic heterocycles. The largest absolute Gasteiger partial charge is 0.545 e. The zero-order valence-corrected chi connectivity index (χ0v) is 11.3. The van der Waals surface area contributed by atoms with E-state index in [0.717, 1.165) is 0 Å². The summed E-state index contributed by atoms with van der Waals surface area (Å²) in [6, 6.07) is 0. The lowest BCUT2D eigenvalue weighted by Crippen LogP contribution is -2.60. The average Bonchev–Trinajstić information content (AvgIpc) is 2.38. The molecule has 0 fully saturated rings. The normalized spacial score (nSPS) is 19.0. The van der Waals surface area contributed by atoms with E-state index in [9.17, 15) is 72.5 Å². The monoisotopic (exact) mass is 414 g/mol. The minimum Gasteiger partial charge on any atom is -0.545 e. The Morgan fingerprint density at radius 1 is 0.577 bits per heavy atom. The number of aliphatic carboxylic acids is 2. The molecule has 0 aliphatic rings. The molecule has 0 aromatic heterocycles. The molecule has 0 bridgehead atoms. The van der Waals surface area contributed by atoms with Gasteiger partial charge in [0, 0.05) is 11.1 Å². The van der Waals surface area contributed by atoms with Crippen molar-refractivity contribution in [3.63, 3.8) is 0 Å². The van der Waals surface area contributed by atoms with Crippen molar-refractivity contribution in [2.24, 2.45) is 0 Å². The molecule has 0 aromatic carbocycles. The van der Waals surface area contributed by atoms with Gasteiger partial charge in [-0.05, 0) is 0 Å². The maximum atomic E-state index is 13.7. The van der Waals surface area contributed by atoms with Crippen LogP contribution in [0.15, 0.2) is 11.1 Å². The van der Waals surface area contributed by atoms with Crippen LogP contribution in [-0.2, 0) is 9.59 Å². The molecule has 0 radical (unpaired) electrons. The second kappa shape index (κ2) is 6.86. The first-order valence-corrected chi connectivity index (χ1v) is 5.53. The molecule has 0 heterocycles. The lowest BCUT2D eigenvalue weighted by molar-refractivity contribution is -0.318. The SMILES string of the molecule is O=C([O-])/C(=C(/C(=O)[O-])C(F)(C(F)F)C(F)(F)F)C(F)(C(F)F)C(F)(F)F. The van der Waals surface area contributed by atoms with Gasteiger partial charge in [-0.3, -0.25) is 0 Å². The maximum Gasteiger partial charge on any atom is 0.432 e. The Morgan fingerprint density at radius 3 is 0.846 bits per heavy atom. The molecule has 2 atom stereocenters. The van der Waals surface area contributed by atoms with Crippen molar-refractivity contribution in [3.05, 3.63) is 11.1 Å². The van der Waals surface area contributed by atoms with Gasteiger partial charge >= 0.3 is 12.4 Å². The van der Waals surface area contributed by atoms with Gasteiger partial charge in [0.15, 0.2) is 0 Å². The van der Waals surface area contributed by atoms with Crippen LogP contribution in [0, 0.1) is 0 Å². The van der Waals surface area contributed by atoms with E-state index in [1.54, 1.807) is 0 Å². The van der Waals surface area contributed by atoms with Crippen molar-refractivity contribution in [1.82, 2.24) is 0 Å². The number of carbonyl (C=O) groups is 2. The van der Waals surface area contributed by atoms with Crippen LogP contribution in [-0.4, -0.2) is 48.5 Å². The zero-order chi connectivity index (χ0) is 21.5. The second-order valence-electron chi connectivity index (χ2n) is 4.35. The van der Waals surface area contributed by atoms with E-state index in [1.165, 1.54) is 0 Å². The minimum absolute atomic E-state index is 4.07. The van der Waals surface area contributed by atoms with Crippen molar-refractivity contribution in [2.45, 2.75) is 36.5 Å². The van der Waals surface area contributed by atoms with E-state index in [0.29, 0.717) is 0 Å². The van der Waals surface area contributed by atoms with Crippen LogP contribution in [0.2, 0.25) is 0 Å². The third-order valence-electron chi connectivity index (χ3n) is 2.81. The molecule has 16 heteroatoms. The summed E-state index contributed by atoms with van der Waals surface area (Å²) in [5.41, 5.74) is -22.1. The molecule has 0 spiro atoms. The molecule has 0 aromatic rings. The number of carbonyl (C=O) groups excluding carboxylic acids is 2. The number of carboxylic acids is 2. The standard InChI is InChI=1S/C10H4F12O4/c11-5(12)7(15,9(17,18)19)1(3(23)24)2(4(25)26)8(16,6(13)14)10(20,21)22/h5-6H,(H,23,24)(H,25,26)/p-2/b2-1+. The highest BCUT2D eigenvalue weighted by molar-refractivity contribution is 6.00. The molecule has 0 saturated carbocycles. The van der Waals surface area contributed by atoms with Crippen LogP contribution in [0.3, 0.4) is 0 Å². The predicted molar refractivity (Wildman–Crippen MR) is 48.8 cm³/mol. The highest BCUT2D eigenvalue weighted by Crippen LogP contribution is 2.51. The number of hydrogen-bond donors (Lipinski definition) is 0. The minimum atomic E-state index is -7.19.